The van der Waals surface area contributed by atoms with Gasteiger partial charge in [0.15, 0.2) is 0 Å². The SMILES string of the molecule is C=C1C[C@@H]2O[C@@H](C3C2[C@](O)(CC(C)=O)[C@@H](OC(C)=O)C[C@@H]3C(C)C)[C@](C)(OC(C)=O)CC[C@@H]1OC(C)=O. The fraction of sp³-hybridized carbons (Fsp3) is 0.786. The topological polar surface area (TPSA) is 125 Å². The molecule has 9 atom stereocenters. The molecule has 2 unspecified atom stereocenters. The molecule has 37 heavy (non-hydrogen) atoms. The number of carbonyl (C=O) groups excluding carboxylic acids is 4. The highest BCUT2D eigenvalue weighted by atomic mass is 16.6. The highest BCUT2D eigenvalue weighted by Crippen LogP contribution is 2.58. The van der Waals surface area contributed by atoms with Crippen molar-refractivity contribution >= 4 is 23.7 Å². The lowest BCUT2D eigenvalue weighted by Gasteiger charge is -2.53. The van der Waals surface area contributed by atoms with Gasteiger partial charge in [-0.25, -0.2) is 0 Å². The van der Waals surface area contributed by atoms with Gasteiger partial charge in [0.25, 0.3) is 0 Å². The van der Waals surface area contributed by atoms with Crippen molar-refractivity contribution < 1.29 is 43.2 Å². The van der Waals surface area contributed by atoms with Crippen molar-refractivity contribution in [1.29, 1.82) is 0 Å². The summed E-state index contributed by atoms with van der Waals surface area (Å²) in [6.45, 7) is 15.5. The van der Waals surface area contributed by atoms with Crippen molar-refractivity contribution in [2.75, 3.05) is 0 Å². The summed E-state index contributed by atoms with van der Waals surface area (Å²) in [6, 6.07) is 0. The Bertz CT molecular complexity index is 942. The van der Waals surface area contributed by atoms with E-state index in [1.807, 2.05) is 6.92 Å². The van der Waals surface area contributed by atoms with Crippen molar-refractivity contribution in [3.63, 3.8) is 0 Å². The first kappa shape index (κ1) is 29.3. The molecule has 9 heteroatoms. The summed E-state index contributed by atoms with van der Waals surface area (Å²) in [5.41, 5.74) is -2.17. The first-order valence-corrected chi connectivity index (χ1v) is 13.2. The number of ketones is 1. The minimum absolute atomic E-state index is 0.0524. The second kappa shape index (κ2) is 10.8. The number of hydrogen-bond acceptors (Lipinski definition) is 9. The molecule has 0 spiro atoms. The molecule has 2 saturated heterocycles. The third-order valence-electron chi connectivity index (χ3n) is 8.41. The molecule has 2 bridgehead atoms. The Labute approximate surface area is 219 Å². The summed E-state index contributed by atoms with van der Waals surface area (Å²) in [4.78, 5) is 48.7. The number of Topliss-reactive ketones (excluding diaryl/α,β-unsaturated/α-hetero) is 1. The quantitative estimate of drug-likeness (QED) is 0.318. The highest BCUT2D eigenvalue weighted by Gasteiger charge is 2.67. The second-order valence-corrected chi connectivity index (χ2v) is 11.7. The van der Waals surface area contributed by atoms with Crippen LogP contribution in [-0.4, -0.2) is 64.4 Å². The van der Waals surface area contributed by atoms with E-state index in [1.165, 1.54) is 27.7 Å². The Morgan fingerprint density at radius 2 is 1.70 bits per heavy atom. The maximum Gasteiger partial charge on any atom is 0.303 e. The molecule has 1 aliphatic carbocycles. The Kier molecular flexibility index (Phi) is 8.59. The van der Waals surface area contributed by atoms with Crippen molar-refractivity contribution in [3.8, 4) is 0 Å². The van der Waals surface area contributed by atoms with Crippen molar-refractivity contribution in [2.45, 2.75) is 116 Å². The maximum absolute atomic E-state index is 12.5. The lowest BCUT2D eigenvalue weighted by Crippen LogP contribution is -2.63. The van der Waals surface area contributed by atoms with Crippen LogP contribution in [0.3, 0.4) is 0 Å². The minimum atomic E-state index is -1.69. The van der Waals surface area contributed by atoms with E-state index in [4.69, 9.17) is 18.9 Å². The van der Waals surface area contributed by atoms with E-state index in [2.05, 4.69) is 20.4 Å². The molecule has 0 aromatic heterocycles. The zero-order chi connectivity index (χ0) is 27.9. The molecule has 9 nitrogen and oxygen atoms in total. The molecule has 3 fully saturated rings. The van der Waals surface area contributed by atoms with Crippen LogP contribution in [0.1, 0.15) is 80.6 Å². The van der Waals surface area contributed by atoms with Crippen molar-refractivity contribution in [2.24, 2.45) is 23.7 Å². The van der Waals surface area contributed by atoms with E-state index in [9.17, 15) is 24.3 Å². The average molecular weight is 523 g/mol. The first-order chi connectivity index (χ1) is 17.1. The monoisotopic (exact) mass is 522 g/mol. The number of rotatable bonds is 6. The zero-order valence-electron chi connectivity index (χ0n) is 23.1. The van der Waals surface area contributed by atoms with Crippen LogP contribution in [0.25, 0.3) is 0 Å². The van der Waals surface area contributed by atoms with Crippen LogP contribution < -0.4 is 0 Å². The fourth-order valence-corrected chi connectivity index (χ4v) is 7.13. The number of carbonyl (C=O) groups is 4. The van der Waals surface area contributed by atoms with Gasteiger partial charge in [-0.1, -0.05) is 20.4 Å². The zero-order valence-corrected chi connectivity index (χ0v) is 23.1. The fourth-order valence-electron chi connectivity index (χ4n) is 7.13. The van der Waals surface area contributed by atoms with E-state index in [1.54, 1.807) is 0 Å². The third kappa shape index (κ3) is 5.93. The van der Waals surface area contributed by atoms with E-state index in [0.29, 0.717) is 24.8 Å². The smallest absolute Gasteiger partial charge is 0.303 e. The van der Waals surface area contributed by atoms with Gasteiger partial charge in [0, 0.05) is 39.0 Å². The standard InChI is InChI=1S/C28H42O9/c1-14(2)20-12-23(35-18(6)31)28(33,13-16(4)29)25-22-11-15(3)21(34-17(5)30)9-10-27(8,37-19(7)32)26(36-22)24(20)25/h14,20-26,33H,3,9-13H2,1-2,4-8H3/t20-,21+,22+,23+,24?,25?,26+,27-,28+/m1/s1. The molecule has 2 heterocycles. The number of esters is 3. The van der Waals surface area contributed by atoms with Gasteiger partial charge in [-0.2, -0.15) is 0 Å². The summed E-state index contributed by atoms with van der Waals surface area (Å²) >= 11 is 0. The normalized spacial score (nSPS) is 39.6. The van der Waals surface area contributed by atoms with Gasteiger partial charge in [0.1, 0.15) is 35.3 Å². The van der Waals surface area contributed by atoms with E-state index < -0.39 is 59.4 Å². The first-order valence-electron chi connectivity index (χ1n) is 13.2. The molecule has 0 aromatic rings. The van der Waals surface area contributed by atoms with E-state index in [0.717, 1.165) is 0 Å². The molecule has 0 radical (unpaired) electrons. The van der Waals surface area contributed by atoms with Gasteiger partial charge < -0.3 is 24.1 Å². The van der Waals surface area contributed by atoms with Crippen LogP contribution in [0.5, 0.6) is 0 Å². The Balaban J connectivity index is 2.20. The summed E-state index contributed by atoms with van der Waals surface area (Å²) < 4.78 is 23.9. The molecule has 0 aromatic carbocycles. The van der Waals surface area contributed by atoms with Gasteiger partial charge in [-0.3, -0.25) is 19.2 Å². The van der Waals surface area contributed by atoms with Crippen LogP contribution in [0, 0.1) is 23.7 Å². The Morgan fingerprint density at radius 3 is 2.22 bits per heavy atom. The molecule has 1 saturated carbocycles. The van der Waals surface area contributed by atoms with Crippen molar-refractivity contribution in [3.05, 3.63) is 12.2 Å². The summed E-state index contributed by atoms with van der Waals surface area (Å²) in [7, 11) is 0. The Hall–Kier alpha value is -2.26. The average Bonchev–Trinajstić information content (AvgIpc) is 3.13. The number of aliphatic hydroxyl groups is 1. The van der Waals surface area contributed by atoms with Crippen LogP contribution in [0.2, 0.25) is 0 Å². The summed E-state index contributed by atoms with van der Waals surface area (Å²) in [5.74, 6) is -2.54. The lowest BCUT2D eigenvalue weighted by atomic mass is 9.55. The number of fused-ring (bicyclic) bond motifs is 5. The van der Waals surface area contributed by atoms with Gasteiger partial charge in [-0.05, 0) is 56.9 Å². The number of ether oxygens (including phenoxy) is 4. The predicted molar refractivity (Wildman–Crippen MR) is 133 cm³/mol. The molecule has 0 amide bonds. The van der Waals surface area contributed by atoms with Gasteiger partial charge >= 0.3 is 17.9 Å². The lowest BCUT2D eigenvalue weighted by molar-refractivity contribution is -0.206. The molecule has 1 N–H and O–H groups in total. The molecular weight excluding hydrogens is 480 g/mol. The Morgan fingerprint density at radius 1 is 1.08 bits per heavy atom. The van der Waals surface area contributed by atoms with E-state index in [-0.39, 0.29) is 36.4 Å². The molecule has 3 aliphatic rings. The summed E-state index contributed by atoms with van der Waals surface area (Å²) in [6.07, 6.45) is -1.62. The summed E-state index contributed by atoms with van der Waals surface area (Å²) in [5, 5.41) is 12.3. The molecule has 3 rings (SSSR count). The van der Waals surface area contributed by atoms with Crippen LogP contribution in [0.15, 0.2) is 12.2 Å². The second-order valence-electron chi connectivity index (χ2n) is 11.7. The van der Waals surface area contributed by atoms with E-state index >= 15 is 0 Å². The van der Waals surface area contributed by atoms with Crippen LogP contribution in [-0.2, 0) is 38.1 Å². The predicted octanol–water partition coefficient (Wildman–Crippen LogP) is 3.30. The highest BCUT2D eigenvalue weighted by molar-refractivity contribution is 5.77. The van der Waals surface area contributed by atoms with Gasteiger partial charge in [-0.15, -0.1) is 0 Å². The molecular formula is C28H42O9. The van der Waals surface area contributed by atoms with Crippen molar-refractivity contribution in [1.82, 2.24) is 0 Å². The maximum atomic E-state index is 12.5. The third-order valence-corrected chi connectivity index (χ3v) is 8.41. The van der Waals surface area contributed by atoms with Gasteiger partial charge in [0.05, 0.1) is 6.10 Å². The van der Waals surface area contributed by atoms with Crippen LogP contribution in [0.4, 0.5) is 0 Å². The van der Waals surface area contributed by atoms with Crippen LogP contribution >= 0.6 is 0 Å². The molecule has 2 aliphatic heterocycles. The number of hydrogen-bond donors (Lipinski definition) is 1. The molecule has 208 valence electrons. The largest absolute Gasteiger partial charge is 0.459 e. The van der Waals surface area contributed by atoms with Gasteiger partial charge in [0.2, 0.25) is 0 Å². The minimum Gasteiger partial charge on any atom is -0.459 e.